The van der Waals surface area contributed by atoms with Gasteiger partial charge in [0.25, 0.3) is 0 Å². The molecule has 0 aromatic heterocycles. The summed E-state index contributed by atoms with van der Waals surface area (Å²) in [6.07, 6.45) is 1.42. The Morgan fingerprint density at radius 2 is 2.00 bits per heavy atom. The summed E-state index contributed by atoms with van der Waals surface area (Å²) in [7, 11) is 0.532. The van der Waals surface area contributed by atoms with Crippen molar-refractivity contribution < 1.29 is 9.42 Å². The third-order valence-electron chi connectivity index (χ3n) is 2.92. The first-order valence-electron chi connectivity index (χ1n) is 5.57. The van der Waals surface area contributed by atoms with E-state index in [0.717, 1.165) is 17.9 Å². The molecule has 4 N–H and O–H groups in total. The van der Waals surface area contributed by atoms with E-state index in [2.05, 4.69) is 4.72 Å². The maximum atomic E-state index is 11.8. The van der Waals surface area contributed by atoms with Crippen molar-refractivity contribution >= 4 is 11.0 Å². The Labute approximate surface area is 99.9 Å². The van der Waals surface area contributed by atoms with Crippen molar-refractivity contribution in [3.8, 4) is 0 Å². The van der Waals surface area contributed by atoms with E-state index >= 15 is 0 Å². The van der Waals surface area contributed by atoms with Crippen LogP contribution in [0.25, 0.3) is 0 Å². The van der Waals surface area contributed by atoms with Crippen molar-refractivity contribution in [2.45, 2.75) is 50.6 Å². The van der Waals surface area contributed by atoms with Gasteiger partial charge in [-0.2, -0.15) is 5.06 Å². The molecule has 0 spiro atoms. The van der Waals surface area contributed by atoms with Gasteiger partial charge in [0.2, 0.25) is 0 Å². The van der Waals surface area contributed by atoms with Crippen LogP contribution in [0.15, 0.2) is 0 Å². The average Bonchev–Trinajstić information content (AvgIpc) is 2.07. The third kappa shape index (κ3) is 3.49. The summed E-state index contributed by atoms with van der Waals surface area (Å²) in [5.74, 6) is 0.282. The summed E-state index contributed by atoms with van der Waals surface area (Å²) in [5.41, 5.74) is 5.77. The standard InChI is InChI=1S/C10H23N3O2S/c1-10(2,3)16(15)12-8-5-7(6-8)9(11)13(4)14/h7-9,12,14H,5-6,11H2,1-4H3. The number of hydrogen-bond acceptors (Lipinski definition) is 4. The highest BCUT2D eigenvalue weighted by molar-refractivity contribution is 7.84. The van der Waals surface area contributed by atoms with Crippen LogP contribution in [-0.4, -0.2) is 38.5 Å². The summed E-state index contributed by atoms with van der Waals surface area (Å²) in [4.78, 5) is 0. The first kappa shape index (κ1) is 14.1. The van der Waals surface area contributed by atoms with Gasteiger partial charge in [-0.25, -0.2) is 8.93 Å². The molecule has 1 fully saturated rings. The Morgan fingerprint density at radius 1 is 1.50 bits per heavy atom. The van der Waals surface area contributed by atoms with Gasteiger partial charge in [-0.1, -0.05) is 0 Å². The predicted octanol–water partition coefficient (Wildman–Crippen LogP) is 0.423. The Bertz CT molecular complexity index is 259. The summed E-state index contributed by atoms with van der Waals surface area (Å²) in [6.45, 7) is 5.83. The normalized spacial score (nSPS) is 29.9. The summed E-state index contributed by atoms with van der Waals surface area (Å²) in [5, 5.41) is 10.2. The van der Waals surface area contributed by atoms with Crippen LogP contribution in [0.2, 0.25) is 0 Å². The fraction of sp³-hybridized carbons (Fsp3) is 1.00. The van der Waals surface area contributed by atoms with Gasteiger partial charge in [0.1, 0.15) is 0 Å². The van der Waals surface area contributed by atoms with Crippen LogP contribution in [-0.2, 0) is 11.0 Å². The highest BCUT2D eigenvalue weighted by Gasteiger charge is 2.37. The first-order chi connectivity index (χ1) is 7.21. The van der Waals surface area contributed by atoms with Crippen molar-refractivity contribution in [2.24, 2.45) is 11.7 Å². The minimum atomic E-state index is -1.02. The minimum absolute atomic E-state index is 0.235. The molecule has 1 aliphatic rings. The van der Waals surface area contributed by atoms with Crippen molar-refractivity contribution in [2.75, 3.05) is 7.05 Å². The molecular formula is C10H23N3O2S. The zero-order chi connectivity index (χ0) is 12.5. The topological polar surface area (TPSA) is 78.6 Å². The molecular weight excluding hydrogens is 226 g/mol. The molecule has 2 unspecified atom stereocenters. The highest BCUT2D eigenvalue weighted by atomic mass is 32.2. The van der Waals surface area contributed by atoms with Crippen molar-refractivity contribution in [1.29, 1.82) is 0 Å². The maximum absolute atomic E-state index is 11.8. The van der Waals surface area contributed by atoms with E-state index in [-0.39, 0.29) is 22.9 Å². The van der Waals surface area contributed by atoms with E-state index in [9.17, 15) is 9.42 Å². The van der Waals surface area contributed by atoms with Gasteiger partial charge in [-0.05, 0) is 39.5 Å². The van der Waals surface area contributed by atoms with E-state index < -0.39 is 11.0 Å². The molecule has 96 valence electrons. The second-order valence-corrected chi connectivity index (χ2v) is 7.49. The van der Waals surface area contributed by atoms with E-state index in [0.29, 0.717) is 0 Å². The van der Waals surface area contributed by atoms with Gasteiger partial charge in [0.05, 0.1) is 21.9 Å². The maximum Gasteiger partial charge on any atom is 0.0972 e. The fourth-order valence-electron chi connectivity index (χ4n) is 1.67. The van der Waals surface area contributed by atoms with Crippen LogP contribution in [0.3, 0.4) is 0 Å². The minimum Gasteiger partial charge on any atom is -0.314 e. The lowest BCUT2D eigenvalue weighted by atomic mass is 9.79. The van der Waals surface area contributed by atoms with Crippen LogP contribution in [0.5, 0.6) is 0 Å². The Morgan fingerprint density at radius 3 is 2.38 bits per heavy atom. The smallest absolute Gasteiger partial charge is 0.0972 e. The number of rotatable bonds is 4. The summed E-state index contributed by atoms with van der Waals surface area (Å²) < 4.78 is 14.6. The van der Waals surface area contributed by atoms with E-state index in [1.165, 1.54) is 0 Å². The molecule has 0 aromatic carbocycles. The van der Waals surface area contributed by atoms with Crippen molar-refractivity contribution in [3.05, 3.63) is 0 Å². The lowest BCUT2D eigenvalue weighted by Gasteiger charge is -2.41. The van der Waals surface area contributed by atoms with Crippen molar-refractivity contribution in [3.63, 3.8) is 0 Å². The van der Waals surface area contributed by atoms with Gasteiger partial charge in [0, 0.05) is 13.1 Å². The molecule has 0 bridgehead atoms. The molecule has 6 heteroatoms. The largest absolute Gasteiger partial charge is 0.314 e. The van der Waals surface area contributed by atoms with Crippen molar-refractivity contribution in [1.82, 2.24) is 9.79 Å². The van der Waals surface area contributed by atoms with Gasteiger partial charge >= 0.3 is 0 Å². The van der Waals surface area contributed by atoms with Gasteiger partial charge in [0.15, 0.2) is 0 Å². The molecule has 0 heterocycles. The van der Waals surface area contributed by atoms with E-state index in [1.807, 2.05) is 20.8 Å². The molecule has 1 rings (SSSR count). The molecule has 0 amide bonds. The average molecular weight is 249 g/mol. The molecule has 0 aromatic rings. The Hall–Kier alpha value is -0.0100. The first-order valence-corrected chi connectivity index (χ1v) is 6.72. The molecule has 2 atom stereocenters. The fourth-order valence-corrected chi connectivity index (χ4v) is 2.52. The number of nitrogens with two attached hydrogens (primary N) is 1. The zero-order valence-electron chi connectivity index (χ0n) is 10.4. The molecule has 0 radical (unpaired) electrons. The zero-order valence-corrected chi connectivity index (χ0v) is 11.3. The van der Waals surface area contributed by atoms with Gasteiger partial charge in [-0.15, -0.1) is 0 Å². The van der Waals surface area contributed by atoms with Gasteiger partial charge in [-0.3, -0.25) is 0 Å². The summed E-state index contributed by atoms with van der Waals surface area (Å²) >= 11 is 0. The number of hydrogen-bond donors (Lipinski definition) is 3. The van der Waals surface area contributed by atoms with Gasteiger partial charge < -0.3 is 10.9 Å². The number of hydroxylamine groups is 2. The SMILES string of the molecule is CN(O)C(N)C1CC(NS(=O)C(C)(C)C)C1. The molecule has 5 nitrogen and oxygen atoms in total. The number of nitrogens with one attached hydrogen (secondary N) is 1. The Balaban J connectivity index is 2.30. The number of nitrogens with zero attached hydrogens (tertiary/aromatic N) is 1. The summed E-state index contributed by atoms with van der Waals surface area (Å²) in [6, 6.07) is 0.260. The lowest BCUT2D eigenvalue weighted by Crippen LogP contribution is -2.54. The van der Waals surface area contributed by atoms with Crippen LogP contribution in [0.4, 0.5) is 0 Å². The molecule has 0 aliphatic heterocycles. The van der Waals surface area contributed by atoms with E-state index in [4.69, 9.17) is 5.73 Å². The molecule has 0 saturated heterocycles. The van der Waals surface area contributed by atoms with E-state index in [1.54, 1.807) is 7.05 Å². The molecule has 16 heavy (non-hydrogen) atoms. The molecule has 1 saturated carbocycles. The van der Waals surface area contributed by atoms with Crippen LogP contribution >= 0.6 is 0 Å². The molecule has 1 aliphatic carbocycles. The lowest BCUT2D eigenvalue weighted by molar-refractivity contribution is -0.128. The van der Waals surface area contributed by atoms with Crippen LogP contribution in [0.1, 0.15) is 33.6 Å². The monoisotopic (exact) mass is 249 g/mol. The highest BCUT2D eigenvalue weighted by Crippen LogP contribution is 2.31. The Kier molecular flexibility index (Phi) is 4.48. The second-order valence-electron chi connectivity index (χ2n) is 5.49. The quantitative estimate of drug-likeness (QED) is 0.498. The van der Waals surface area contributed by atoms with Crippen LogP contribution < -0.4 is 10.5 Å². The second kappa shape index (κ2) is 5.10. The van der Waals surface area contributed by atoms with Crippen LogP contribution in [0, 0.1) is 5.92 Å². The third-order valence-corrected chi connectivity index (χ3v) is 4.58. The predicted molar refractivity (Wildman–Crippen MR) is 65.1 cm³/mol.